The van der Waals surface area contributed by atoms with E-state index in [0.29, 0.717) is 18.9 Å². The monoisotopic (exact) mass is 269 g/mol. The maximum absolute atomic E-state index is 12.0. The molecule has 0 aromatic rings. The molecule has 1 fully saturated rings. The number of nitrogens with zero attached hydrogens (tertiary/aromatic N) is 1. The minimum Gasteiger partial charge on any atom is -0.359 e. The molecule has 1 aliphatic heterocycles. The highest BCUT2D eigenvalue weighted by Gasteiger charge is 2.19. The molecule has 5 nitrogen and oxygen atoms in total. The third kappa shape index (κ3) is 5.59. The molecule has 0 radical (unpaired) electrons. The third-order valence-electron chi connectivity index (χ3n) is 3.89. The van der Waals surface area contributed by atoms with Crippen LogP contribution in [0.3, 0.4) is 0 Å². The van der Waals surface area contributed by atoms with Crippen LogP contribution in [0.2, 0.25) is 0 Å². The first kappa shape index (κ1) is 16.0. The maximum atomic E-state index is 12.0. The molecule has 0 saturated carbocycles. The predicted molar refractivity (Wildman–Crippen MR) is 75.7 cm³/mol. The average molecular weight is 269 g/mol. The van der Waals surface area contributed by atoms with E-state index in [1.54, 1.807) is 19.0 Å². The van der Waals surface area contributed by atoms with Crippen molar-refractivity contribution >= 4 is 11.8 Å². The van der Waals surface area contributed by atoms with Crippen molar-refractivity contribution in [3.8, 4) is 0 Å². The van der Waals surface area contributed by atoms with Crippen LogP contribution in [0.25, 0.3) is 0 Å². The third-order valence-corrected chi connectivity index (χ3v) is 3.89. The van der Waals surface area contributed by atoms with Gasteiger partial charge in [0.05, 0.1) is 5.92 Å². The van der Waals surface area contributed by atoms with Gasteiger partial charge in [-0.3, -0.25) is 9.59 Å². The van der Waals surface area contributed by atoms with Gasteiger partial charge in [0.25, 0.3) is 0 Å². The first-order valence-electron chi connectivity index (χ1n) is 7.20. The lowest BCUT2D eigenvalue weighted by atomic mass is 9.93. The van der Waals surface area contributed by atoms with Gasteiger partial charge in [-0.25, -0.2) is 0 Å². The van der Waals surface area contributed by atoms with Gasteiger partial charge in [-0.15, -0.1) is 0 Å². The SMILES string of the molecule is CNC(=O)C(C)CN(C)C(=O)CCC1CCNCC1. The van der Waals surface area contributed by atoms with Gasteiger partial charge >= 0.3 is 0 Å². The highest BCUT2D eigenvalue weighted by atomic mass is 16.2. The Morgan fingerprint density at radius 1 is 1.37 bits per heavy atom. The molecule has 1 unspecified atom stereocenters. The van der Waals surface area contributed by atoms with Crippen LogP contribution in [0.5, 0.6) is 0 Å². The van der Waals surface area contributed by atoms with Crippen LogP contribution < -0.4 is 10.6 Å². The van der Waals surface area contributed by atoms with Crippen LogP contribution in [-0.2, 0) is 9.59 Å². The summed E-state index contributed by atoms with van der Waals surface area (Å²) in [5.41, 5.74) is 0. The maximum Gasteiger partial charge on any atom is 0.224 e. The molecule has 1 atom stereocenters. The molecule has 2 amide bonds. The zero-order chi connectivity index (χ0) is 14.3. The zero-order valence-corrected chi connectivity index (χ0v) is 12.4. The van der Waals surface area contributed by atoms with Crippen molar-refractivity contribution in [3.05, 3.63) is 0 Å². The van der Waals surface area contributed by atoms with Crippen LogP contribution in [0.4, 0.5) is 0 Å². The molecule has 0 aliphatic carbocycles. The Kier molecular flexibility index (Phi) is 6.84. The smallest absolute Gasteiger partial charge is 0.224 e. The van der Waals surface area contributed by atoms with Gasteiger partial charge in [0.15, 0.2) is 0 Å². The normalized spacial score (nSPS) is 17.8. The minimum absolute atomic E-state index is 0.0157. The first-order chi connectivity index (χ1) is 9.04. The van der Waals surface area contributed by atoms with E-state index < -0.39 is 0 Å². The number of rotatable bonds is 6. The van der Waals surface area contributed by atoms with Crippen LogP contribution >= 0.6 is 0 Å². The molecule has 2 N–H and O–H groups in total. The van der Waals surface area contributed by atoms with E-state index in [0.717, 1.165) is 19.5 Å². The lowest BCUT2D eigenvalue weighted by molar-refractivity contribution is -0.132. The first-order valence-corrected chi connectivity index (χ1v) is 7.20. The number of nitrogens with one attached hydrogen (secondary N) is 2. The molecule has 0 bridgehead atoms. The largest absolute Gasteiger partial charge is 0.359 e. The van der Waals surface area contributed by atoms with Crippen molar-refractivity contribution < 1.29 is 9.59 Å². The molecule has 0 spiro atoms. The van der Waals surface area contributed by atoms with Crippen molar-refractivity contribution in [2.45, 2.75) is 32.6 Å². The lowest BCUT2D eigenvalue weighted by Gasteiger charge is -2.24. The number of amides is 2. The van der Waals surface area contributed by atoms with E-state index in [2.05, 4.69) is 10.6 Å². The number of hydrogen-bond donors (Lipinski definition) is 2. The number of piperidine rings is 1. The van der Waals surface area contributed by atoms with Crippen LogP contribution in [0.15, 0.2) is 0 Å². The molecule has 1 heterocycles. The van der Waals surface area contributed by atoms with Crippen molar-refractivity contribution in [2.75, 3.05) is 33.7 Å². The number of hydrogen-bond acceptors (Lipinski definition) is 3. The fourth-order valence-electron chi connectivity index (χ4n) is 2.53. The lowest BCUT2D eigenvalue weighted by Crippen LogP contribution is -2.37. The quantitative estimate of drug-likeness (QED) is 0.742. The van der Waals surface area contributed by atoms with Gasteiger partial charge < -0.3 is 15.5 Å². The fraction of sp³-hybridized carbons (Fsp3) is 0.857. The van der Waals surface area contributed by atoms with E-state index in [-0.39, 0.29) is 17.7 Å². The Labute approximate surface area is 116 Å². The summed E-state index contributed by atoms with van der Waals surface area (Å²) in [6, 6.07) is 0. The van der Waals surface area contributed by atoms with Gasteiger partial charge in [-0.05, 0) is 38.3 Å². The summed E-state index contributed by atoms with van der Waals surface area (Å²) in [6.07, 6.45) is 3.91. The summed E-state index contributed by atoms with van der Waals surface area (Å²) in [5, 5.41) is 5.94. The van der Waals surface area contributed by atoms with E-state index in [4.69, 9.17) is 0 Å². The second kappa shape index (κ2) is 8.15. The Hall–Kier alpha value is -1.10. The van der Waals surface area contributed by atoms with Crippen LogP contribution in [0, 0.1) is 11.8 Å². The predicted octanol–water partition coefficient (Wildman–Crippen LogP) is 0.607. The Bertz CT molecular complexity index is 301. The number of carbonyl (C=O) groups is 2. The summed E-state index contributed by atoms with van der Waals surface area (Å²) in [6.45, 7) is 4.48. The summed E-state index contributed by atoms with van der Waals surface area (Å²) < 4.78 is 0. The highest BCUT2D eigenvalue weighted by Crippen LogP contribution is 2.18. The van der Waals surface area contributed by atoms with Crippen molar-refractivity contribution in [2.24, 2.45) is 11.8 Å². The molecular weight excluding hydrogens is 242 g/mol. The summed E-state index contributed by atoms with van der Waals surface area (Å²) in [7, 11) is 3.40. The van der Waals surface area contributed by atoms with E-state index in [9.17, 15) is 9.59 Å². The molecular formula is C14H27N3O2. The molecule has 0 aromatic heterocycles. The molecule has 0 aromatic carbocycles. The van der Waals surface area contributed by atoms with Gasteiger partial charge in [0.2, 0.25) is 11.8 Å². The number of carbonyl (C=O) groups excluding carboxylic acids is 2. The van der Waals surface area contributed by atoms with Gasteiger partial charge in [0, 0.05) is 27.1 Å². The Balaban J connectivity index is 2.25. The summed E-state index contributed by atoms with van der Waals surface area (Å²) >= 11 is 0. The Morgan fingerprint density at radius 2 is 2.00 bits per heavy atom. The van der Waals surface area contributed by atoms with Crippen molar-refractivity contribution in [3.63, 3.8) is 0 Å². The van der Waals surface area contributed by atoms with Gasteiger partial charge in [-0.1, -0.05) is 6.92 Å². The molecule has 1 rings (SSSR count). The zero-order valence-electron chi connectivity index (χ0n) is 12.4. The second-order valence-electron chi connectivity index (χ2n) is 5.52. The van der Waals surface area contributed by atoms with Gasteiger partial charge in [-0.2, -0.15) is 0 Å². The van der Waals surface area contributed by atoms with Crippen molar-refractivity contribution in [1.82, 2.24) is 15.5 Å². The molecule has 110 valence electrons. The standard InChI is InChI=1S/C14H27N3O2/c1-11(14(19)15-2)10-17(3)13(18)5-4-12-6-8-16-9-7-12/h11-12,16H,4-10H2,1-3H3,(H,15,19). The van der Waals surface area contributed by atoms with E-state index in [1.165, 1.54) is 12.8 Å². The van der Waals surface area contributed by atoms with Crippen LogP contribution in [0.1, 0.15) is 32.6 Å². The van der Waals surface area contributed by atoms with Gasteiger partial charge in [0.1, 0.15) is 0 Å². The fourth-order valence-corrected chi connectivity index (χ4v) is 2.53. The minimum atomic E-state index is -0.155. The van der Waals surface area contributed by atoms with Crippen molar-refractivity contribution in [1.29, 1.82) is 0 Å². The summed E-state index contributed by atoms with van der Waals surface area (Å²) in [4.78, 5) is 25.1. The van der Waals surface area contributed by atoms with Crippen LogP contribution in [-0.4, -0.2) is 50.4 Å². The Morgan fingerprint density at radius 3 is 2.58 bits per heavy atom. The molecule has 19 heavy (non-hydrogen) atoms. The van der Waals surface area contributed by atoms with E-state index in [1.807, 2.05) is 6.92 Å². The second-order valence-corrected chi connectivity index (χ2v) is 5.52. The molecule has 1 saturated heterocycles. The molecule has 1 aliphatic rings. The summed E-state index contributed by atoms with van der Waals surface area (Å²) in [5.74, 6) is 0.653. The highest BCUT2D eigenvalue weighted by molar-refractivity contribution is 5.80. The average Bonchev–Trinajstić information content (AvgIpc) is 2.44. The topological polar surface area (TPSA) is 61.4 Å². The molecule has 5 heteroatoms. The van der Waals surface area contributed by atoms with E-state index >= 15 is 0 Å².